The molecular formula is C23H18N2O5. The second-order valence-electron chi connectivity index (χ2n) is 6.64. The largest absolute Gasteiger partial charge is 0.466 e. The molecule has 0 aliphatic carbocycles. The fourth-order valence-corrected chi connectivity index (χ4v) is 3.07. The molecule has 0 fully saturated rings. The van der Waals surface area contributed by atoms with Crippen LogP contribution in [0.3, 0.4) is 0 Å². The van der Waals surface area contributed by atoms with Crippen LogP contribution in [0.15, 0.2) is 69.5 Å². The molecular weight excluding hydrogens is 384 g/mol. The zero-order valence-electron chi connectivity index (χ0n) is 16.4. The first-order chi connectivity index (χ1) is 14.5. The Bertz CT molecular complexity index is 1210. The number of carbonyl (C=O) groups excluding carboxylic acids is 2. The third kappa shape index (κ3) is 3.91. The van der Waals surface area contributed by atoms with Gasteiger partial charge in [-0.25, -0.2) is 4.79 Å². The van der Waals surface area contributed by atoms with Gasteiger partial charge in [-0.05, 0) is 26.0 Å². The number of aromatic nitrogens is 2. The zero-order valence-corrected chi connectivity index (χ0v) is 16.4. The molecule has 0 unspecified atom stereocenters. The fourth-order valence-electron chi connectivity index (χ4n) is 3.07. The van der Waals surface area contributed by atoms with Gasteiger partial charge in [0.2, 0.25) is 0 Å². The second kappa shape index (κ2) is 8.16. The maximum Gasteiger partial charge on any atom is 0.339 e. The average Bonchev–Trinajstić information content (AvgIpc) is 3.37. The molecule has 0 spiro atoms. The first-order valence-corrected chi connectivity index (χ1v) is 9.28. The van der Waals surface area contributed by atoms with Gasteiger partial charge >= 0.3 is 5.97 Å². The lowest BCUT2D eigenvalue weighted by Gasteiger charge is -2.08. The van der Waals surface area contributed by atoms with Gasteiger partial charge in [0.15, 0.2) is 12.4 Å². The molecule has 2 heterocycles. The molecule has 0 saturated heterocycles. The molecule has 150 valence electrons. The van der Waals surface area contributed by atoms with E-state index in [1.54, 1.807) is 61.5 Å². The van der Waals surface area contributed by atoms with Crippen molar-refractivity contribution in [1.29, 1.82) is 0 Å². The lowest BCUT2D eigenvalue weighted by atomic mass is 9.98. The smallest absolute Gasteiger partial charge is 0.339 e. The SMILES string of the molecule is Cc1cc(-c2nnc(COC(=O)c3ccccc3C(=O)c3ccccc3)o2)c(C)o1. The lowest BCUT2D eigenvalue weighted by molar-refractivity contribution is 0.0436. The van der Waals surface area contributed by atoms with Crippen molar-refractivity contribution in [3.8, 4) is 11.5 Å². The summed E-state index contributed by atoms with van der Waals surface area (Å²) in [5.74, 6) is 0.916. The molecule has 2 aromatic carbocycles. The van der Waals surface area contributed by atoms with Crippen molar-refractivity contribution in [3.63, 3.8) is 0 Å². The van der Waals surface area contributed by atoms with Crippen LogP contribution >= 0.6 is 0 Å². The number of rotatable bonds is 6. The van der Waals surface area contributed by atoms with Gasteiger partial charge in [-0.3, -0.25) is 4.79 Å². The number of hydrogen-bond donors (Lipinski definition) is 0. The number of nitrogens with zero attached hydrogens (tertiary/aromatic N) is 2. The number of ether oxygens (including phenoxy) is 1. The van der Waals surface area contributed by atoms with Crippen molar-refractivity contribution in [3.05, 3.63) is 94.8 Å². The Hall–Kier alpha value is -4.00. The van der Waals surface area contributed by atoms with Gasteiger partial charge in [-0.15, -0.1) is 10.2 Å². The van der Waals surface area contributed by atoms with E-state index in [4.69, 9.17) is 13.6 Å². The van der Waals surface area contributed by atoms with Crippen LogP contribution in [0, 0.1) is 13.8 Å². The van der Waals surface area contributed by atoms with Crippen LogP contribution in [0.5, 0.6) is 0 Å². The molecule has 2 aromatic heterocycles. The minimum absolute atomic E-state index is 0.142. The van der Waals surface area contributed by atoms with Crippen molar-refractivity contribution >= 4 is 11.8 Å². The molecule has 0 N–H and O–H groups in total. The molecule has 0 atom stereocenters. The number of hydrogen-bond acceptors (Lipinski definition) is 7. The number of furan rings is 1. The van der Waals surface area contributed by atoms with Crippen molar-refractivity contribution < 1.29 is 23.2 Å². The summed E-state index contributed by atoms with van der Waals surface area (Å²) in [6, 6.07) is 17.1. The summed E-state index contributed by atoms with van der Waals surface area (Å²) in [6.07, 6.45) is 0. The Labute approximate surface area is 172 Å². The Kier molecular flexibility index (Phi) is 5.26. The molecule has 0 amide bonds. The molecule has 0 saturated carbocycles. The standard InChI is InChI=1S/C23H18N2O5/c1-14-12-19(15(2)29-14)22-25-24-20(30-22)13-28-23(27)18-11-7-6-10-17(18)21(26)16-8-4-3-5-9-16/h3-12H,13H2,1-2H3. The zero-order chi connectivity index (χ0) is 21.1. The van der Waals surface area contributed by atoms with Crippen molar-refractivity contribution in [1.82, 2.24) is 10.2 Å². The summed E-state index contributed by atoms with van der Waals surface area (Å²) in [5, 5.41) is 7.89. The van der Waals surface area contributed by atoms with Gasteiger partial charge < -0.3 is 13.6 Å². The number of esters is 1. The molecule has 4 rings (SSSR count). The van der Waals surface area contributed by atoms with Gasteiger partial charge in [0.05, 0.1) is 11.1 Å². The monoisotopic (exact) mass is 402 g/mol. The average molecular weight is 402 g/mol. The van der Waals surface area contributed by atoms with E-state index < -0.39 is 5.97 Å². The Morgan fingerprint density at radius 3 is 2.30 bits per heavy atom. The van der Waals surface area contributed by atoms with Crippen LogP contribution in [0.4, 0.5) is 0 Å². The highest BCUT2D eigenvalue weighted by Gasteiger charge is 2.20. The maximum atomic E-state index is 12.8. The molecule has 0 bridgehead atoms. The maximum absolute atomic E-state index is 12.8. The third-order valence-electron chi connectivity index (χ3n) is 4.49. The highest BCUT2D eigenvalue weighted by atomic mass is 16.5. The highest BCUT2D eigenvalue weighted by molar-refractivity contribution is 6.14. The van der Waals surface area contributed by atoms with Crippen LogP contribution in [-0.4, -0.2) is 21.9 Å². The molecule has 30 heavy (non-hydrogen) atoms. The summed E-state index contributed by atoms with van der Waals surface area (Å²) >= 11 is 0. The predicted octanol–water partition coefficient (Wildman–Crippen LogP) is 4.53. The Balaban J connectivity index is 1.49. The lowest BCUT2D eigenvalue weighted by Crippen LogP contribution is -2.12. The van der Waals surface area contributed by atoms with Crippen LogP contribution in [0.1, 0.15) is 43.7 Å². The van der Waals surface area contributed by atoms with E-state index >= 15 is 0 Å². The number of ketones is 1. The summed E-state index contributed by atoms with van der Waals surface area (Å²) in [5.41, 5.74) is 1.62. The summed E-state index contributed by atoms with van der Waals surface area (Å²) in [7, 11) is 0. The molecule has 4 aromatic rings. The molecule has 0 aliphatic rings. The second-order valence-corrected chi connectivity index (χ2v) is 6.64. The number of benzene rings is 2. The normalized spacial score (nSPS) is 10.7. The van der Waals surface area contributed by atoms with Gasteiger partial charge in [-0.1, -0.05) is 48.5 Å². The van der Waals surface area contributed by atoms with Crippen molar-refractivity contribution in [2.75, 3.05) is 0 Å². The van der Waals surface area contributed by atoms with Gasteiger partial charge in [0.25, 0.3) is 11.8 Å². The number of aryl methyl sites for hydroxylation is 2. The van der Waals surface area contributed by atoms with Crippen LogP contribution in [0.25, 0.3) is 11.5 Å². The fraction of sp³-hybridized carbons (Fsp3) is 0.130. The van der Waals surface area contributed by atoms with Crippen molar-refractivity contribution in [2.24, 2.45) is 0 Å². The third-order valence-corrected chi connectivity index (χ3v) is 4.49. The quantitative estimate of drug-likeness (QED) is 0.345. The molecule has 7 nitrogen and oxygen atoms in total. The van der Waals surface area contributed by atoms with Gasteiger partial charge in [0, 0.05) is 11.1 Å². The highest BCUT2D eigenvalue weighted by Crippen LogP contribution is 2.25. The van der Waals surface area contributed by atoms with E-state index in [9.17, 15) is 9.59 Å². The summed E-state index contributed by atoms with van der Waals surface area (Å²) < 4.78 is 16.3. The topological polar surface area (TPSA) is 95.4 Å². The van der Waals surface area contributed by atoms with Crippen LogP contribution in [-0.2, 0) is 11.3 Å². The molecule has 7 heteroatoms. The van der Waals surface area contributed by atoms with Crippen LogP contribution in [0.2, 0.25) is 0 Å². The molecule has 0 radical (unpaired) electrons. The van der Waals surface area contributed by atoms with E-state index in [0.717, 1.165) is 5.76 Å². The van der Waals surface area contributed by atoms with Crippen molar-refractivity contribution in [2.45, 2.75) is 20.5 Å². The van der Waals surface area contributed by atoms with Crippen LogP contribution < -0.4 is 0 Å². The number of carbonyl (C=O) groups is 2. The van der Waals surface area contributed by atoms with E-state index in [1.807, 2.05) is 13.0 Å². The predicted molar refractivity (Wildman–Crippen MR) is 107 cm³/mol. The van der Waals surface area contributed by atoms with E-state index in [0.29, 0.717) is 16.9 Å². The van der Waals surface area contributed by atoms with E-state index in [-0.39, 0.29) is 35.3 Å². The minimum atomic E-state index is -0.648. The Morgan fingerprint density at radius 2 is 1.60 bits per heavy atom. The summed E-state index contributed by atoms with van der Waals surface area (Å²) in [4.78, 5) is 25.4. The first-order valence-electron chi connectivity index (χ1n) is 9.28. The van der Waals surface area contributed by atoms with E-state index in [2.05, 4.69) is 10.2 Å². The Morgan fingerprint density at radius 1 is 0.900 bits per heavy atom. The minimum Gasteiger partial charge on any atom is -0.466 e. The van der Waals surface area contributed by atoms with Gasteiger partial charge in [0.1, 0.15) is 11.5 Å². The summed E-state index contributed by atoms with van der Waals surface area (Å²) in [6.45, 7) is 3.41. The first kappa shape index (κ1) is 19.3. The molecule has 0 aliphatic heterocycles. The van der Waals surface area contributed by atoms with Gasteiger partial charge in [-0.2, -0.15) is 0 Å². The van der Waals surface area contributed by atoms with E-state index in [1.165, 1.54) is 0 Å².